The van der Waals surface area contributed by atoms with Crippen LogP contribution in [-0.4, -0.2) is 30.9 Å². The fourth-order valence-corrected chi connectivity index (χ4v) is 1.86. The lowest BCUT2D eigenvalue weighted by Gasteiger charge is -2.23. The summed E-state index contributed by atoms with van der Waals surface area (Å²) in [6.07, 6.45) is 1.91. The molecule has 1 saturated carbocycles. The SMILES string of the molecule is COC(=O)c1ccccc1NC(=O)C(C)(C)C(=O)NC1CC1. The number of ether oxygens (including phenoxy) is 1. The highest BCUT2D eigenvalue weighted by Gasteiger charge is 2.39. The Bertz CT molecular complexity index is 606. The zero-order valence-electron chi connectivity index (χ0n) is 12.9. The lowest BCUT2D eigenvalue weighted by atomic mass is 9.90. The minimum atomic E-state index is -1.23. The third-order valence-corrected chi connectivity index (χ3v) is 3.63. The monoisotopic (exact) mass is 304 g/mol. The summed E-state index contributed by atoms with van der Waals surface area (Å²) in [4.78, 5) is 36.3. The highest BCUT2D eigenvalue weighted by Crippen LogP contribution is 2.25. The topological polar surface area (TPSA) is 84.5 Å². The number of amides is 2. The number of nitrogens with one attached hydrogen (secondary N) is 2. The molecule has 118 valence electrons. The highest BCUT2D eigenvalue weighted by molar-refractivity contribution is 6.11. The molecule has 2 amide bonds. The lowest BCUT2D eigenvalue weighted by Crippen LogP contribution is -2.46. The molecule has 2 rings (SSSR count). The molecule has 1 aromatic rings. The number of benzene rings is 1. The quantitative estimate of drug-likeness (QED) is 0.641. The van der Waals surface area contributed by atoms with Crippen LogP contribution in [0.15, 0.2) is 24.3 Å². The van der Waals surface area contributed by atoms with Gasteiger partial charge in [0.1, 0.15) is 5.41 Å². The van der Waals surface area contributed by atoms with Crippen molar-refractivity contribution in [2.45, 2.75) is 32.7 Å². The first kappa shape index (κ1) is 16.0. The van der Waals surface area contributed by atoms with Crippen LogP contribution in [0, 0.1) is 5.41 Å². The zero-order chi connectivity index (χ0) is 16.3. The Morgan fingerprint density at radius 1 is 1.14 bits per heavy atom. The molecule has 0 atom stereocenters. The van der Waals surface area contributed by atoms with E-state index in [1.54, 1.807) is 38.1 Å². The molecule has 0 aromatic heterocycles. The maximum Gasteiger partial charge on any atom is 0.339 e. The van der Waals surface area contributed by atoms with Crippen molar-refractivity contribution in [3.63, 3.8) is 0 Å². The van der Waals surface area contributed by atoms with Crippen molar-refractivity contribution in [1.82, 2.24) is 5.32 Å². The van der Waals surface area contributed by atoms with Crippen LogP contribution in [0.5, 0.6) is 0 Å². The van der Waals surface area contributed by atoms with E-state index in [-0.39, 0.29) is 17.5 Å². The van der Waals surface area contributed by atoms with Gasteiger partial charge in [0, 0.05) is 6.04 Å². The van der Waals surface area contributed by atoms with E-state index in [0.29, 0.717) is 5.69 Å². The number of carbonyl (C=O) groups excluding carboxylic acids is 3. The molecule has 0 radical (unpaired) electrons. The molecule has 22 heavy (non-hydrogen) atoms. The Morgan fingerprint density at radius 2 is 1.77 bits per heavy atom. The van der Waals surface area contributed by atoms with Gasteiger partial charge in [0.05, 0.1) is 18.4 Å². The van der Waals surface area contributed by atoms with Crippen molar-refractivity contribution in [3.8, 4) is 0 Å². The summed E-state index contributed by atoms with van der Waals surface area (Å²) in [6, 6.07) is 6.70. The number of hydrogen-bond donors (Lipinski definition) is 2. The first-order valence-electron chi connectivity index (χ1n) is 7.16. The van der Waals surface area contributed by atoms with E-state index in [9.17, 15) is 14.4 Å². The van der Waals surface area contributed by atoms with Crippen LogP contribution in [0.2, 0.25) is 0 Å². The van der Waals surface area contributed by atoms with Gasteiger partial charge in [-0.15, -0.1) is 0 Å². The lowest BCUT2D eigenvalue weighted by molar-refractivity contribution is -0.138. The second-order valence-corrected chi connectivity index (χ2v) is 5.86. The van der Waals surface area contributed by atoms with Crippen LogP contribution in [-0.2, 0) is 14.3 Å². The molecule has 1 aromatic carbocycles. The zero-order valence-corrected chi connectivity index (χ0v) is 12.9. The Hall–Kier alpha value is -2.37. The van der Waals surface area contributed by atoms with Crippen LogP contribution in [0.1, 0.15) is 37.0 Å². The van der Waals surface area contributed by atoms with Gasteiger partial charge in [0.15, 0.2) is 0 Å². The number of esters is 1. The molecule has 0 saturated heterocycles. The van der Waals surface area contributed by atoms with E-state index in [1.165, 1.54) is 7.11 Å². The predicted molar refractivity (Wildman–Crippen MR) is 81.4 cm³/mol. The van der Waals surface area contributed by atoms with Gasteiger partial charge in [-0.2, -0.15) is 0 Å². The van der Waals surface area contributed by atoms with Gasteiger partial charge in [-0.25, -0.2) is 4.79 Å². The normalized spacial score (nSPS) is 14.1. The van der Waals surface area contributed by atoms with Gasteiger partial charge >= 0.3 is 5.97 Å². The molecule has 0 bridgehead atoms. The van der Waals surface area contributed by atoms with Crippen molar-refractivity contribution < 1.29 is 19.1 Å². The summed E-state index contributed by atoms with van der Waals surface area (Å²) in [5, 5.41) is 5.46. The molecular weight excluding hydrogens is 284 g/mol. The fourth-order valence-electron chi connectivity index (χ4n) is 1.86. The molecule has 0 spiro atoms. The van der Waals surface area contributed by atoms with Crippen molar-refractivity contribution in [2.24, 2.45) is 5.41 Å². The van der Waals surface area contributed by atoms with Gasteiger partial charge in [0.2, 0.25) is 11.8 Å². The van der Waals surface area contributed by atoms with Crippen LogP contribution in [0.25, 0.3) is 0 Å². The number of para-hydroxylation sites is 1. The molecule has 1 aliphatic carbocycles. The second-order valence-electron chi connectivity index (χ2n) is 5.86. The van der Waals surface area contributed by atoms with E-state index < -0.39 is 17.3 Å². The number of methoxy groups -OCH3 is 1. The largest absolute Gasteiger partial charge is 0.465 e. The molecule has 6 nitrogen and oxygen atoms in total. The average Bonchev–Trinajstić information content (AvgIpc) is 3.30. The molecule has 0 heterocycles. The van der Waals surface area contributed by atoms with Crippen molar-refractivity contribution >= 4 is 23.5 Å². The molecule has 0 unspecified atom stereocenters. The molecule has 2 N–H and O–H groups in total. The maximum atomic E-state index is 12.4. The Balaban J connectivity index is 2.14. The smallest absolute Gasteiger partial charge is 0.339 e. The molecule has 0 aliphatic heterocycles. The molecule has 1 fully saturated rings. The number of carbonyl (C=O) groups is 3. The van der Waals surface area contributed by atoms with Gasteiger partial charge in [-0.05, 0) is 38.8 Å². The number of anilines is 1. The van der Waals surface area contributed by atoms with E-state index in [1.807, 2.05) is 0 Å². The van der Waals surface area contributed by atoms with Crippen molar-refractivity contribution in [1.29, 1.82) is 0 Å². The summed E-state index contributed by atoms with van der Waals surface area (Å²) in [6.45, 7) is 3.11. The Kier molecular flexibility index (Phi) is 4.49. The van der Waals surface area contributed by atoms with Gasteiger partial charge in [0.25, 0.3) is 0 Å². The average molecular weight is 304 g/mol. The number of rotatable bonds is 5. The summed E-state index contributed by atoms with van der Waals surface area (Å²) >= 11 is 0. The maximum absolute atomic E-state index is 12.4. The predicted octanol–water partition coefficient (Wildman–Crippen LogP) is 1.72. The third kappa shape index (κ3) is 3.44. The van der Waals surface area contributed by atoms with E-state index >= 15 is 0 Å². The summed E-state index contributed by atoms with van der Waals surface area (Å²) in [7, 11) is 1.27. The van der Waals surface area contributed by atoms with Gasteiger partial charge in [-0.3, -0.25) is 9.59 Å². The Morgan fingerprint density at radius 3 is 2.36 bits per heavy atom. The molecule has 1 aliphatic rings. The van der Waals surface area contributed by atoms with Crippen LogP contribution < -0.4 is 10.6 Å². The van der Waals surface area contributed by atoms with Crippen LogP contribution in [0.4, 0.5) is 5.69 Å². The fraction of sp³-hybridized carbons (Fsp3) is 0.438. The number of hydrogen-bond acceptors (Lipinski definition) is 4. The second kappa shape index (κ2) is 6.17. The summed E-state index contributed by atoms with van der Waals surface area (Å²) in [5.74, 6) is -1.33. The summed E-state index contributed by atoms with van der Waals surface area (Å²) < 4.78 is 4.68. The van der Waals surface area contributed by atoms with E-state index in [4.69, 9.17) is 0 Å². The van der Waals surface area contributed by atoms with Crippen LogP contribution >= 0.6 is 0 Å². The summed E-state index contributed by atoms with van der Waals surface area (Å²) in [5.41, 5.74) is -0.658. The van der Waals surface area contributed by atoms with Crippen molar-refractivity contribution in [3.05, 3.63) is 29.8 Å². The van der Waals surface area contributed by atoms with E-state index in [0.717, 1.165) is 12.8 Å². The standard InChI is InChI=1S/C16H20N2O4/c1-16(2,14(20)17-10-8-9-10)15(21)18-12-7-5-4-6-11(12)13(19)22-3/h4-7,10H,8-9H2,1-3H3,(H,17,20)(H,18,21). The molecule has 6 heteroatoms. The van der Waals surface area contributed by atoms with Gasteiger partial charge in [-0.1, -0.05) is 12.1 Å². The highest BCUT2D eigenvalue weighted by atomic mass is 16.5. The third-order valence-electron chi connectivity index (χ3n) is 3.63. The van der Waals surface area contributed by atoms with Crippen LogP contribution in [0.3, 0.4) is 0 Å². The van der Waals surface area contributed by atoms with Crippen molar-refractivity contribution in [2.75, 3.05) is 12.4 Å². The Labute approximate surface area is 129 Å². The first-order chi connectivity index (χ1) is 10.4. The minimum absolute atomic E-state index is 0.182. The van der Waals surface area contributed by atoms with E-state index in [2.05, 4.69) is 15.4 Å². The van der Waals surface area contributed by atoms with Gasteiger partial charge < -0.3 is 15.4 Å². The first-order valence-corrected chi connectivity index (χ1v) is 7.16. The minimum Gasteiger partial charge on any atom is -0.465 e. The molecular formula is C16H20N2O4.